The molecule has 0 unspecified atom stereocenters. The van der Waals surface area contributed by atoms with Crippen LogP contribution in [0.3, 0.4) is 0 Å². The van der Waals surface area contributed by atoms with Crippen LogP contribution in [-0.2, 0) is 21.4 Å². The third-order valence-corrected chi connectivity index (χ3v) is 7.73. The van der Waals surface area contributed by atoms with Gasteiger partial charge in [0, 0.05) is 26.7 Å². The van der Waals surface area contributed by atoms with Crippen LogP contribution in [0.2, 0.25) is 0 Å². The Morgan fingerprint density at radius 3 is 2.55 bits per heavy atom. The number of piperidine rings is 1. The molecule has 0 bridgehead atoms. The molecule has 7 heteroatoms. The number of methoxy groups -OCH3 is 1. The van der Waals surface area contributed by atoms with Gasteiger partial charge in [-0.05, 0) is 42.0 Å². The number of hydrogen-bond donors (Lipinski definition) is 0. The molecular weight excluding hydrogens is 412 g/mol. The summed E-state index contributed by atoms with van der Waals surface area (Å²) in [5, 5.41) is 0. The van der Waals surface area contributed by atoms with Crippen molar-refractivity contribution in [1.29, 1.82) is 0 Å². The molecule has 3 rings (SSSR count). The number of amides is 1. The van der Waals surface area contributed by atoms with Crippen molar-refractivity contribution in [2.75, 3.05) is 27.2 Å². The maximum Gasteiger partial charge on any atom is 0.246 e. The third-order valence-electron chi connectivity index (χ3n) is 5.84. The monoisotopic (exact) mass is 444 g/mol. The van der Waals surface area contributed by atoms with Gasteiger partial charge >= 0.3 is 0 Å². The standard InChI is InChI=1S/C24H32N2O4S/c1-18(2)20-12-13-22(30-4)23(15-20)31(28,29)26-14-8-11-21(17-26)24(27)25(3)16-19-9-6-5-7-10-19/h5-7,9-10,12-13,15,18,21H,8,11,14,16-17H2,1-4H3/t21-/m1/s1. The first-order chi connectivity index (χ1) is 14.7. The minimum atomic E-state index is -3.77. The summed E-state index contributed by atoms with van der Waals surface area (Å²) in [4.78, 5) is 14.9. The smallest absolute Gasteiger partial charge is 0.246 e. The molecule has 2 aromatic rings. The van der Waals surface area contributed by atoms with Gasteiger partial charge in [-0.2, -0.15) is 4.31 Å². The van der Waals surface area contributed by atoms with Gasteiger partial charge in [0.25, 0.3) is 0 Å². The second-order valence-electron chi connectivity index (χ2n) is 8.45. The summed E-state index contributed by atoms with van der Waals surface area (Å²) in [6, 6.07) is 15.1. The van der Waals surface area contributed by atoms with Gasteiger partial charge < -0.3 is 9.64 Å². The largest absolute Gasteiger partial charge is 0.495 e. The molecule has 1 aliphatic rings. The molecule has 168 valence electrons. The van der Waals surface area contributed by atoms with E-state index in [4.69, 9.17) is 4.74 Å². The van der Waals surface area contributed by atoms with Gasteiger partial charge in [-0.25, -0.2) is 8.42 Å². The van der Waals surface area contributed by atoms with Gasteiger partial charge in [0.15, 0.2) is 0 Å². The minimum Gasteiger partial charge on any atom is -0.495 e. The Morgan fingerprint density at radius 1 is 1.19 bits per heavy atom. The van der Waals surface area contributed by atoms with Crippen LogP contribution in [0.15, 0.2) is 53.4 Å². The molecule has 0 radical (unpaired) electrons. The highest BCUT2D eigenvalue weighted by Gasteiger charge is 2.36. The van der Waals surface area contributed by atoms with Crippen LogP contribution in [-0.4, -0.2) is 50.8 Å². The fourth-order valence-electron chi connectivity index (χ4n) is 4.00. The van der Waals surface area contributed by atoms with E-state index in [1.165, 1.54) is 11.4 Å². The fourth-order valence-corrected chi connectivity index (χ4v) is 5.72. The fraction of sp³-hybridized carbons (Fsp3) is 0.458. The highest BCUT2D eigenvalue weighted by atomic mass is 32.2. The van der Waals surface area contributed by atoms with Crippen LogP contribution in [0.5, 0.6) is 5.75 Å². The van der Waals surface area contributed by atoms with E-state index in [9.17, 15) is 13.2 Å². The van der Waals surface area contributed by atoms with Crippen molar-refractivity contribution in [2.24, 2.45) is 5.92 Å². The van der Waals surface area contributed by atoms with Crippen molar-refractivity contribution in [2.45, 2.75) is 44.0 Å². The summed E-state index contributed by atoms with van der Waals surface area (Å²) in [6.07, 6.45) is 1.34. The summed E-state index contributed by atoms with van der Waals surface area (Å²) in [5.74, 6) is 0.157. The van der Waals surface area contributed by atoms with Crippen molar-refractivity contribution in [3.05, 3.63) is 59.7 Å². The molecule has 1 fully saturated rings. The van der Waals surface area contributed by atoms with Crippen molar-refractivity contribution in [1.82, 2.24) is 9.21 Å². The van der Waals surface area contributed by atoms with Gasteiger partial charge in [0.2, 0.25) is 15.9 Å². The van der Waals surface area contributed by atoms with Gasteiger partial charge in [-0.15, -0.1) is 0 Å². The molecule has 0 aromatic heterocycles. The average molecular weight is 445 g/mol. The van der Waals surface area contributed by atoms with Crippen molar-refractivity contribution >= 4 is 15.9 Å². The lowest BCUT2D eigenvalue weighted by Gasteiger charge is -2.33. The molecule has 0 spiro atoms. The van der Waals surface area contributed by atoms with E-state index in [1.807, 2.05) is 50.2 Å². The molecule has 31 heavy (non-hydrogen) atoms. The summed E-state index contributed by atoms with van der Waals surface area (Å²) in [7, 11) is -0.522. The lowest BCUT2D eigenvalue weighted by atomic mass is 9.98. The highest BCUT2D eigenvalue weighted by Crippen LogP contribution is 2.32. The van der Waals surface area contributed by atoms with Crippen molar-refractivity contribution in [3.63, 3.8) is 0 Å². The van der Waals surface area contributed by atoms with Crippen LogP contribution in [0, 0.1) is 5.92 Å². The molecule has 2 aromatic carbocycles. The van der Waals surface area contributed by atoms with E-state index < -0.39 is 10.0 Å². The quantitative estimate of drug-likeness (QED) is 0.650. The maximum absolute atomic E-state index is 13.5. The van der Waals surface area contributed by atoms with Crippen LogP contribution in [0.1, 0.15) is 43.7 Å². The SMILES string of the molecule is COc1ccc(C(C)C)cc1S(=O)(=O)N1CCC[C@@H](C(=O)N(C)Cc2ccccc2)C1. The number of carbonyl (C=O) groups excluding carboxylic acids is 1. The zero-order chi connectivity index (χ0) is 22.6. The summed E-state index contributed by atoms with van der Waals surface area (Å²) in [6.45, 7) is 5.15. The molecule has 0 N–H and O–H groups in total. The minimum absolute atomic E-state index is 0.0216. The maximum atomic E-state index is 13.5. The molecular formula is C24H32N2O4S. The number of benzene rings is 2. The molecule has 0 aliphatic carbocycles. The first-order valence-corrected chi connectivity index (χ1v) is 12.1. The van der Waals surface area contributed by atoms with Gasteiger partial charge in [0.1, 0.15) is 10.6 Å². The third kappa shape index (κ3) is 5.28. The summed E-state index contributed by atoms with van der Waals surface area (Å²) < 4.78 is 33.8. The lowest BCUT2D eigenvalue weighted by molar-refractivity contribution is -0.135. The summed E-state index contributed by atoms with van der Waals surface area (Å²) in [5.41, 5.74) is 1.99. The molecule has 1 heterocycles. The van der Waals surface area contributed by atoms with E-state index >= 15 is 0 Å². The number of hydrogen-bond acceptors (Lipinski definition) is 4. The average Bonchev–Trinajstić information content (AvgIpc) is 2.78. The Morgan fingerprint density at radius 2 is 1.90 bits per heavy atom. The van der Waals surface area contributed by atoms with Crippen molar-refractivity contribution < 1.29 is 17.9 Å². The molecule has 6 nitrogen and oxygen atoms in total. The second kappa shape index (κ2) is 9.83. The number of ether oxygens (including phenoxy) is 1. The number of rotatable bonds is 7. The second-order valence-corrected chi connectivity index (χ2v) is 10.4. The van der Waals surface area contributed by atoms with Crippen LogP contribution >= 0.6 is 0 Å². The number of carbonyl (C=O) groups is 1. The Balaban J connectivity index is 1.79. The predicted molar refractivity (Wildman–Crippen MR) is 121 cm³/mol. The van der Waals surface area contributed by atoms with Crippen LogP contribution in [0.25, 0.3) is 0 Å². The Bertz CT molecular complexity index is 1010. The Kier molecular flexibility index (Phi) is 7.38. The first kappa shape index (κ1) is 23.3. The molecule has 1 amide bonds. The van der Waals surface area contributed by atoms with Crippen LogP contribution in [0.4, 0.5) is 0 Å². The van der Waals surface area contributed by atoms with E-state index in [-0.39, 0.29) is 29.2 Å². The van der Waals surface area contributed by atoms with Gasteiger partial charge in [0.05, 0.1) is 13.0 Å². The zero-order valence-electron chi connectivity index (χ0n) is 18.7. The molecule has 0 saturated carbocycles. The molecule has 1 aliphatic heterocycles. The number of nitrogens with zero attached hydrogens (tertiary/aromatic N) is 2. The normalized spacial score (nSPS) is 17.5. The van der Waals surface area contributed by atoms with E-state index in [2.05, 4.69) is 0 Å². The number of sulfonamides is 1. The van der Waals surface area contributed by atoms with Crippen molar-refractivity contribution in [3.8, 4) is 5.75 Å². The predicted octanol–water partition coefficient (Wildman–Crippen LogP) is 3.88. The molecule has 1 saturated heterocycles. The van der Waals surface area contributed by atoms with E-state index in [1.54, 1.807) is 24.1 Å². The topological polar surface area (TPSA) is 66.9 Å². The molecule has 1 atom stereocenters. The van der Waals surface area contributed by atoms with E-state index in [0.29, 0.717) is 31.7 Å². The summed E-state index contributed by atoms with van der Waals surface area (Å²) >= 11 is 0. The van der Waals surface area contributed by atoms with Gasteiger partial charge in [-0.3, -0.25) is 4.79 Å². The Hall–Kier alpha value is -2.38. The Labute approximate surface area is 185 Å². The van der Waals surface area contributed by atoms with E-state index in [0.717, 1.165) is 11.1 Å². The lowest BCUT2D eigenvalue weighted by Crippen LogP contribution is -2.45. The first-order valence-electron chi connectivity index (χ1n) is 10.7. The van der Waals surface area contributed by atoms with Crippen LogP contribution < -0.4 is 4.74 Å². The van der Waals surface area contributed by atoms with Gasteiger partial charge in [-0.1, -0.05) is 50.2 Å². The zero-order valence-corrected chi connectivity index (χ0v) is 19.6. The highest BCUT2D eigenvalue weighted by molar-refractivity contribution is 7.89.